The van der Waals surface area contributed by atoms with E-state index in [1.54, 1.807) is 0 Å². The van der Waals surface area contributed by atoms with Gasteiger partial charge in [0, 0.05) is 32.8 Å². The van der Waals surface area contributed by atoms with Crippen molar-refractivity contribution in [2.45, 2.75) is 0 Å². The maximum atomic E-state index is 6.57. The summed E-state index contributed by atoms with van der Waals surface area (Å²) < 4.78 is 9.03. The fraction of sp³-hybridized carbons (Fsp3) is 0. The average Bonchev–Trinajstić information content (AvgIpc) is 3.80. The van der Waals surface area contributed by atoms with Crippen LogP contribution in [0, 0.1) is 0 Å². The Balaban J connectivity index is 1.14. The van der Waals surface area contributed by atoms with Crippen molar-refractivity contribution in [2.75, 3.05) is 0 Å². The van der Waals surface area contributed by atoms with Gasteiger partial charge in [0.25, 0.3) is 0 Å². The van der Waals surface area contributed by atoms with E-state index in [0.29, 0.717) is 0 Å². The highest BCUT2D eigenvalue weighted by atomic mass is 16.3. The number of nitrogens with zero attached hydrogens (tertiary/aromatic N) is 1. The van der Waals surface area contributed by atoms with Crippen LogP contribution in [0.4, 0.5) is 0 Å². The number of furan rings is 1. The number of fused-ring (bicyclic) bond motifs is 8. The van der Waals surface area contributed by atoms with Crippen LogP contribution in [0.5, 0.6) is 0 Å². The summed E-state index contributed by atoms with van der Waals surface area (Å²) in [5.74, 6) is 0. The molecule has 0 fully saturated rings. The number of para-hydroxylation sites is 2. The summed E-state index contributed by atoms with van der Waals surface area (Å²) in [6, 6.07) is 72.3. The molecule has 0 aliphatic heterocycles. The minimum atomic E-state index is 0.894. The predicted molar refractivity (Wildman–Crippen MR) is 227 cm³/mol. The summed E-state index contributed by atoms with van der Waals surface area (Å²) in [7, 11) is 0. The maximum absolute atomic E-state index is 6.57. The standard InChI is InChI=1S/C52H33NO/c1-3-12-34(13-4-1)36-22-24-37(25-23-36)41-30-40(35-14-5-2-6-15-35)31-42(32-41)53-48-21-10-9-18-45(48)46-20-11-19-44(52(46)53)39-26-28-47-50(33-39)54-49-29-27-38-16-7-8-17-43(38)51(47)49/h1-33H. The van der Waals surface area contributed by atoms with Gasteiger partial charge in [0.15, 0.2) is 0 Å². The van der Waals surface area contributed by atoms with Gasteiger partial charge in [-0.1, -0.05) is 158 Å². The largest absolute Gasteiger partial charge is 0.456 e. The van der Waals surface area contributed by atoms with Crippen molar-refractivity contribution in [3.05, 3.63) is 200 Å². The Labute approximate surface area is 312 Å². The third-order valence-electron chi connectivity index (χ3n) is 11.0. The second-order valence-electron chi connectivity index (χ2n) is 14.1. The molecular formula is C52H33NO. The van der Waals surface area contributed by atoms with E-state index in [9.17, 15) is 0 Å². The van der Waals surface area contributed by atoms with Gasteiger partial charge >= 0.3 is 0 Å². The Morgan fingerprint density at radius 3 is 1.69 bits per heavy atom. The van der Waals surface area contributed by atoms with Crippen molar-refractivity contribution < 1.29 is 4.42 Å². The van der Waals surface area contributed by atoms with Crippen LogP contribution in [-0.4, -0.2) is 4.57 Å². The van der Waals surface area contributed by atoms with Gasteiger partial charge in [0.1, 0.15) is 11.2 Å². The topological polar surface area (TPSA) is 18.1 Å². The third kappa shape index (κ3) is 4.88. The van der Waals surface area contributed by atoms with E-state index in [0.717, 1.165) is 33.4 Å². The molecule has 2 nitrogen and oxygen atoms in total. The van der Waals surface area contributed by atoms with Crippen LogP contribution in [0.25, 0.3) is 105 Å². The molecule has 2 heterocycles. The summed E-state index contributed by atoms with van der Waals surface area (Å²) >= 11 is 0. The Morgan fingerprint density at radius 2 is 0.926 bits per heavy atom. The molecule has 0 aliphatic carbocycles. The van der Waals surface area contributed by atoms with Crippen LogP contribution < -0.4 is 0 Å². The molecule has 0 saturated carbocycles. The van der Waals surface area contributed by atoms with Crippen molar-refractivity contribution >= 4 is 54.5 Å². The monoisotopic (exact) mass is 687 g/mol. The Kier molecular flexibility index (Phi) is 6.90. The highest BCUT2D eigenvalue weighted by Gasteiger charge is 2.19. The zero-order valence-electron chi connectivity index (χ0n) is 29.4. The number of hydrogen-bond acceptors (Lipinski definition) is 1. The maximum Gasteiger partial charge on any atom is 0.136 e. The molecule has 0 radical (unpaired) electrons. The quantitative estimate of drug-likeness (QED) is 0.176. The second-order valence-corrected chi connectivity index (χ2v) is 14.1. The van der Waals surface area contributed by atoms with E-state index in [-0.39, 0.29) is 0 Å². The van der Waals surface area contributed by atoms with Crippen LogP contribution in [0.1, 0.15) is 0 Å². The third-order valence-corrected chi connectivity index (χ3v) is 11.0. The second kappa shape index (κ2) is 12.2. The van der Waals surface area contributed by atoms with Gasteiger partial charge in [0.2, 0.25) is 0 Å². The number of hydrogen-bond donors (Lipinski definition) is 0. The SMILES string of the molecule is c1ccc(-c2ccc(-c3cc(-c4ccccc4)cc(-n4c5ccccc5c5cccc(-c6ccc7c(c6)oc6ccc8ccccc8c67)c54)c3)cc2)cc1. The van der Waals surface area contributed by atoms with Crippen molar-refractivity contribution in [1.29, 1.82) is 0 Å². The lowest BCUT2D eigenvalue weighted by molar-refractivity contribution is 0.669. The summed E-state index contributed by atoms with van der Waals surface area (Å²) in [5, 5.41) is 7.19. The van der Waals surface area contributed by atoms with Crippen molar-refractivity contribution in [2.24, 2.45) is 0 Å². The molecule has 54 heavy (non-hydrogen) atoms. The first-order valence-electron chi connectivity index (χ1n) is 18.5. The van der Waals surface area contributed by atoms with E-state index in [4.69, 9.17) is 4.42 Å². The first-order chi connectivity index (χ1) is 26.8. The van der Waals surface area contributed by atoms with Gasteiger partial charge in [-0.25, -0.2) is 0 Å². The first-order valence-corrected chi connectivity index (χ1v) is 18.5. The molecule has 2 heteroatoms. The molecule has 11 rings (SSSR count). The van der Waals surface area contributed by atoms with Gasteiger partial charge in [-0.05, 0) is 92.2 Å². The zero-order valence-corrected chi connectivity index (χ0v) is 29.4. The molecule has 0 aliphatic rings. The van der Waals surface area contributed by atoms with Gasteiger partial charge in [-0.3, -0.25) is 0 Å². The van der Waals surface area contributed by atoms with Crippen LogP contribution in [0.3, 0.4) is 0 Å². The lowest BCUT2D eigenvalue weighted by Crippen LogP contribution is -1.97. The van der Waals surface area contributed by atoms with Gasteiger partial charge in [-0.2, -0.15) is 0 Å². The van der Waals surface area contributed by atoms with Crippen molar-refractivity contribution in [3.63, 3.8) is 0 Å². The van der Waals surface area contributed by atoms with Gasteiger partial charge < -0.3 is 8.98 Å². The number of aromatic nitrogens is 1. The molecule has 0 unspecified atom stereocenters. The van der Waals surface area contributed by atoms with Gasteiger partial charge in [-0.15, -0.1) is 0 Å². The fourth-order valence-corrected chi connectivity index (χ4v) is 8.42. The van der Waals surface area contributed by atoms with Crippen molar-refractivity contribution in [3.8, 4) is 50.2 Å². The van der Waals surface area contributed by atoms with Crippen LogP contribution in [0.15, 0.2) is 205 Å². The Morgan fingerprint density at radius 1 is 0.333 bits per heavy atom. The summed E-state index contributed by atoms with van der Waals surface area (Å²) in [6.07, 6.45) is 0. The minimum Gasteiger partial charge on any atom is -0.456 e. The summed E-state index contributed by atoms with van der Waals surface area (Å²) in [4.78, 5) is 0. The average molecular weight is 688 g/mol. The molecule has 9 aromatic carbocycles. The molecule has 11 aromatic rings. The molecule has 0 atom stereocenters. The molecule has 0 spiro atoms. The summed E-state index contributed by atoms with van der Waals surface area (Å²) in [5.41, 5.74) is 14.7. The van der Waals surface area contributed by atoms with Gasteiger partial charge in [0.05, 0.1) is 11.0 Å². The van der Waals surface area contributed by atoms with E-state index in [1.165, 1.54) is 71.3 Å². The molecule has 2 aromatic heterocycles. The lowest BCUT2D eigenvalue weighted by atomic mass is 9.96. The minimum absolute atomic E-state index is 0.894. The molecule has 0 bridgehead atoms. The smallest absolute Gasteiger partial charge is 0.136 e. The molecular weight excluding hydrogens is 655 g/mol. The first kappa shape index (κ1) is 30.5. The highest BCUT2D eigenvalue weighted by molar-refractivity contribution is 6.20. The lowest BCUT2D eigenvalue weighted by Gasteiger charge is -2.16. The summed E-state index contributed by atoms with van der Waals surface area (Å²) in [6.45, 7) is 0. The molecule has 0 amide bonds. The van der Waals surface area contributed by atoms with E-state index >= 15 is 0 Å². The number of benzene rings is 9. The zero-order chi connectivity index (χ0) is 35.6. The van der Waals surface area contributed by atoms with Crippen LogP contribution in [-0.2, 0) is 0 Å². The normalized spacial score (nSPS) is 11.7. The van der Waals surface area contributed by atoms with Crippen LogP contribution >= 0.6 is 0 Å². The predicted octanol–water partition coefficient (Wildman–Crippen LogP) is 14.5. The van der Waals surface area contributed by atoms with E-state index in [1.807, 2.05) is 0 Å². The van der Waals surface area contributed by atoms with Crippen LogP contribution in [0.2, 0.25) is 0 Å². The molecule has 0 N–H and O–H groups in total. The number of rotatable bonds is 5. The fourth-order valence-electron chi connectivity index (χ4n) is 8.42. The Bertz CT molecular complexity index is 3190. The molecule has 252 valence electrons. The highest BCUT2D eigenvalue weighted by Crippen LogP contribution is 2.42. The van der Waals surface area contributed by atoms with E-state index in [2.05, 4.69) is 205 Å². The van der Waals surface area contributed by atoms with Crippen molar-refractivity contribution in [1.82, 2.24) is 4.57 Å². The molecule has 0 saturated heterocycles. The van der Waals surface area contributed by atoms with E-state index < -0.39 is 0 Å². The Hall–Kier alpha value is -7.16.